The zero-order valence-electron chi connectivity index (χ0n) is 14.2. The summed E-state index contributed by atoms with van der Waals surface area (Å²) in [4.78, 5) is 24.0. The third kappa shape index (κ3) is 4.81. The van der Waals surface area contributed by atoms with Crippen molar-refractivity contribution in [3.63, 3.8) is 0 Å². The van der Waals surface area contributed by atoms with Crippen molar-refractivity contribution in [1.82, 2.24) is 0 Å². The van der Waals surface area contributed by atoms with Gasteiger partial charge in [-0.15, -0.1) is 13.2 Å². The van der Waals surface area contributed by atoms with Crippen LogP contribution in [0, 0.1) is 0 Å². The Hall–Kier alpha value is -3.43. The highest BCUT2D eigenvalue weighted by atomic mass is 19.4. The predicted molar refractivity (Wildman–Crippen MR) is 89.1 cm³/mol. The summed E-state index contributed by atoms with van der Waals surface area (Å²) < 4.78 is 51.7. The number of methoxy groups -OCH3 is 2. The minimum Gasteiger partial charge on any atom is -0.493 e. The molecule has 0 aliphatic heterocycles. The van der Waals surface area contributed by atoms with Crippen LogP contribution in [0.3, 0.4) is 0 Å². The van der Waals surface area contributed by atoms with Crippen LogP contribution in [-0.2, 0) is 0 Å². The molecule has 2 amide bonds. The Morgan fingerprint density at radius 3 is 2.26 bits per heavy atom. The SMILES string of the molecule is COc1cc(C(N)=O)cc(NC(=O)c2ccccc2OC(F)(F)F)c1OC. The second-order valence-corrected chi connectivity index (χ2v) is 5.12. The summed E-state index contributed by atoms with van der Waals surface area (Å²) in [7, 11) is 2.60. The van der Waals surface area contributed by atoms with Gasteiger partial charge in [0.2, 0.25) is 5.91 Å². The molecule has 0 saturated heterocycles. The second-order valence-electron chi connectivity index (χ2n) is 5.12. The van der Waals surface area contributed by atoms with E-state index in [0.717, 1.165) is 12.1 Å². The van der Waals surface area contributed by atoms with E-state index in [0.29, 0.717) is 0 Å². The summed E-state index contributed by atoms with van der Waals surface area (Å²) in [5, 5.41) is 2.37. The Bertz CT molecular complexity index is 868. The van der Waals surface area contributed by atoms with Gasteiger partial charge in [-0.1, -0.05) is 12.1 Å². The van der Waals surface area contributed by atoms with E-state index in [1.165, 1.54) is 38.5 Å². The van der Waals surface area contributed by atoms with Crippen LogP contribution in [0.1, 0.15) is 20.7 Å². The van der Waals surface area contributed by atoms with Crippen LogP contribution in [0.5, 0.6) is 17.2 Å². The molecule has 0 atom stereocenters. The molecule has 2 aromatic carbocycles. The van der Waals surface area contributed by atoms with E-state index in [1.807, 2.05) is 0 Å². The van der Waals surface area contributed by atoms with Crippen molar-refractivity contribution in [3.05, 3.63) is 47.5 Å². The van der Waals surface area contributed by atoms with Crippen molar-refractivity contribution in [1.29, 1.82) is 0 Å². The Morgan fingerprint density at radius 2 is 1.70 bits per heavy atom. The molecule has 2 aromatic rings. The van der Waals surface area contributed by atoms with Crippen LogP contribution in [0.15, 0.2) is 36.4 Å². The molecule has 0 saturated carbocycles. The fourth-order valence-corrected chi connectivity index (χ4v) is 2.26. The number of halogens is 3. The largest absolute Gasteiger partial charge is 0.573 e. The number of anilines is 1. The standard InChI is InChI=1S/C17H15F3N2O5/c1-25-13-8-9(15(21)23)7-11(14(13)26-2)22-16(24)10-5-3-4-6-12(10)27-17(18,19)20/h3-8H,1-2H3,(H2,21,23)(H,22,24). The third-order valence-corrected chi connectivity index (χ3v) is 3.37. The number of primary amides is 1. The third-order valence-electron chi connectivity index (χ3n) is 3.37. The van der Waals surface area contributed by atoms with Gasteiger partial charge < -0.3 is 25.3 Å². The number of para-hydroxylation sites is 1. The summed E-state index contributed by atoms with van der Waals surface area (Å²) >= 11 is 0. The van der Waals surface area contributed by atoms with E-state index in [2.05, 4.69) is 10.1 Å². The van der Waals surface area contributed by atoms with Gasteiger partial charge in [0.05, 0.1) is 25.5 Å². The average Bonchev–Trinajstić information content (AvgIpc) is 2.59. The van der Waals surface area contributed by atoms with E-state index >= 15 is 0 Å². The molecule has 7 nitrogen and oxygen atoms in total. The highest BCUT2D eigenvalue weighted by Gasteiger charge is 2.33. The summed E-state index contributed by atoms with van der Waals surface area (Å²) in [6, 6.07) is 7.33. The average molecular weight is 384 g/mol. The lowest BCUT2D eigenvalue weighted by atomic mass is 10.1. The molecule has 27 heavy (non-hydrogen) atoms. The van der Waals surface area contributed by atoms with Crippen molar-refractivity contribution in [3.8, 4) is 17.2 Å². The van der Waals surface area contributed by atoms with Crippen molar-refractivity contribution >= 4 is 17.5 Å². The molecule has 0 aromatic heterocycles. The first-order valence-corrected chi connectivity index (χ1v) is 7.38. The molecule has 144 valence electrons. The van der Waals surface area contributed by atoms with Crippen LogP contribution < -0.4 is 25.3 Å². The number of ether oxygens (including phenoxy) is 3. The van der Waals surface area contributed by atoms with Gasteiger partial charge in [0, 0.05) is 5.56 Å². The lowest BCUT2D eigenvalue weighted by Crippen LogP contribution is -2.21. The molecular formula is C17H15F3N2O5. The molecule has 2 rings (SSSR count). The molecule has 0 aliphatic carbocycles. The van der Waals surface area contributed by atoms with Crippen molar-refractivity contribution in [2.24, 2.45) is 5.73 Å². The Balaban J connectivity index is 2.44. The molecule has 0 unspecified atom stereocenters. The van der Waals surface area contributed by atoms with Crippen LogP contribution in [-0.4, -0.2) is 32.4 Å². The van der Waals surface area contributed by atoms with Gasteiger partial charge >= 0.3 is 6.36 Å². The number of nitrogens with two attached hydrogens (primary N) is 1. The van der Waals surface area contributed by atoms with Crippen LogP contribution in [0.25, 0.3) is 0 Å². The summed E-state index contributed by atoms with van der Waals surface area (Å²) in [5.74, 6) is -2.24. The fraction of sp³-hybridized carbons (Fsp3) is 0.176. The first-order chi connectivity index (χ1) is 12.7. The van der Waals surface area contributed by atoms with Gasteiger partial charge in [-0.2, -0.15) is 0 Å². The maximum atomic E-state index is 12.5. The van der Waals surface area contributed by atoms with E-state index < -0.39 is 23.9 Å². The number of hydrogen-bond acceptors (Lipinski definition) is 5. The number of nitrogens with one attached hydrogen (secondary N) is 1. The monoisotopic (exact) mass is 384 g/mol. The molecule has 3 N–H and O–H groups in total. The van der Waals surface area contributed by atoms with Crippen LogP contribution >= 0.6 is 0 Å². The summed E-state index contributed by atoms with van der Waals surface area (Å²) in [5.41, 5.74) is 4.85. The Labute approximate surface area is 151 Å². The predicted octanol–water partition coefficient (Wildman–Crippen LogP) is 2.95. The van der Waals surface area contributed by atoms with Crippen LogP contribution in [0.4, 0.5) is 18.9 Å². The Morgan fingerprint density at radius 1 is 1.04 bits per heavy atom. The fourth-order valence-electron chi connectivity index (χ4n) is 2.26. The maximum absolute atomic E-state index is 12.5. The highest BCUT2D eigenvalue weighted by Crippen LogP contribution is 2.37. The number of carbonyl (C=O) groups is 2. The van der Waals surface area contributed by atoms with Crippen LogP contribution in [0.2, 0.25) is 0 Å². The van der Waals surface area contributed by atoms with E-state index in [1.54, 1.807) is 0 Å². The van der Waals surface area contributed by atoms with Crippen molar-refractivity contribution in [2.45, 2.75) is 6.36 Å². The van der Waals surface area contributed by atoms with Gasteiger partial charge in [-0.3, -0.25) is 9.59 Å². The number of carbonyl (C=O) groups excluding carboxylic acids is 2. The van der Waals surface area contributed by atoms with Gasteiger partial charge in [0.1, 0.15) is 5.75 Å². The van der Waals surface area contributed by atoms with Gasteiger partial charge in [0.25, 0.3) is 5.91 Å². The molecule has 0 bridgehead atoms. The summed E-state index contributed by atoms with van der Waals surface area (Å²) in [6.07, 6.45) is -4.97. The molecule has 10 heteroatoms. The number of alkyl halides is 3. The number of rotatable bonds is 6. The number of amides is 2. The number of hydrogen-bond donors (Lipinski definition) is 2. The lowest BCUT2D eigenvalue weighted by Gasteiger charge is -2.16. The molecule has 0 aliphatic rings. The quantitative estimate of drug-likeness (QED) is 0.798. The highest BCUT2D eigenvalue weighted by molar-refractivity contribution is 6.08. The van der Waals surface area contributed by atoms with E-state index in [-0.39, 0.29) is 28.3 Å². The van der Waals surface area contributed by atoms with Gasteiger partial charge in [0.15, 0.2) is 11.5 Å². The van der Waals surface area contributed by atoms with Gasteiger partial charge in [-0.05, 0) is 24.3 Å². The smallest absolute Gasteiger partial charge is 0.493 e. The first kappa shape index (κ1) is 19.9. The topological polar surface area (TPSA) is 99.9 Å². The molecule has 0 fully saturated rings. The number of benzene rings is 2. The molecule has 0 spiro atoms. The van der Waals surface area contributed by atoms with E-state index in [4.69, 9.17) is 15.2 Å². The Kier molecular flexibility index (Phi) is 5.78. The lowest BCUT2D eigenvalue weighted by molar-refractivity contribution is -0.274. The summed E-state index contributed by atoms with van der Waals surface area (Å²) in [6.45, 7) is 0. The maximum Gasteiger partial charge on any atom is 0.573 e. The van der Waals surface area contributed by atoms with Gasteiger partial charge in [-0.25, -0.2) is 0 Å². The zero-order chi connectivity index (χ0) is 20.2. The zero-order valence-corrected chi connectivity index (χ0v) is 14.2. The van der Waals surface area contributed by atoms with Crippen molar-refractivity contribution in [2.75, 3.05) is 19.5 Å². The van der Waals surface area contributed by atoms with Crippen molar-refractivity contribution < 1.29 is 37.0 Å². The molecule has 0 heterocycles. The van der Waals surface area contributed by atoms with E-state index in [9.17, 15) is 22.8 Å². The minimum absolute atomic E-state index is 0.00257. The first-order valence-electron chi connectivity index (χ1n) is 7.38. The minimum atomic E-state index is -4.97. The normalized spacial score (nSPS) is 10.9. The second kappa shape index (κ2) is 7.85. The molecule has 0 radical (unpaired) electrons. The molecular weight excluding hydrogens is 369 g/mol.